The fourth-order valence-corrected chi connectivity index (χ4v) is 2.12. The molecule has 118 valence electrons. The molecule has 0 spiro atoms. The van der Waals surface area contributed by atoms with E-state index in [1.54, 1.807) is 0 Å². The Hall–Kier alpha value is -2.19. The number of rotatable bonds is 5. The van der Waals surface area contributed by atoms with Gasteiger partial charge in [-0.3, -0.25) is 14.9 Å². The fraction of sp³-hybridized carbons (Fsp3) is 0.385. The van der Waals surface area contributed by atoms with Crippen molar-refractivity contribution in [3.8, 4) is 0 Å². The number of ether oxygens (including phenoxy) is 2. The Bertz CT molecular complexity index is 600. The summed E-state index contributed by atoms with van der Waals surface area (Å²) in [5.41, 5.74) is -0.362. The smallest absolute Gasteiger partial charge is 0.335 e. The van der Waals surface area contributed by atoms with Crippen molar-refractivity contribution < 1.29 is 24.0 Å². The highest BCUT2D eigenvalue weighted by Gasteiger charge is 2.26. The summed E-state index contributed by atoms with van der Waals surface area (Å²) in [5, 5.41) is 13.4. The van der Waals surface area contributed by atoms with E-state index in [9.17, 15) is 19.7 Å². The summed E-state index contributed by atoms with van der Waals surface area (Å²) in [6.07, 6.45) is 0.675. The van der Waals surface area contributed by atoms with Gasteiger partial charge in [-0.2, -0.15) is 0 Å². The van der Waals surface area contributed by atoms with Crippen LogP contribution in [0.1, 0.15) is 12.8 Å². The Morgan fingerprint density at radius 2 is 2.27 bits per heavy atom. The summed E-state index contributed by atoms with van der Waals surface area (Å²) in [6, 6.07) is 3.77. The third kappa shape index (κ3) is 4.15. The molecule has 1 amide bonds. The van der Waals surface area contributed by atoms with Gasteiger partial charge in [-0.15, -0.1) is 0 Å². The number of benzene rings is 1. The van der Waals surface area contributed by atoms with Crippen LogP contribution < -0.4 is 5.32 Å². The second-order valence-electron chi connectivity index (χ2n) is 4.58. The second kappa shape index (κ2) is 7.19. The van der Waals surface area contributed by atoms with Gasteiger partial charge in [-0.1, -0.05) is 11.6 Å². The maximum atomic E-state index is 11.7. The van der Waals surface area contributed by atoms with Crippen LogP contribution in [0.4, 0.5) is 11.4 Å². The average Bonchev–Trinajstić information content (AvgIpc) is 2.98. The van der Waals surface area contributed by atoms with Crippen molar-refractivity contribution in [3.63, 3.8) is 0 Å². The molecule has 0 unspecified atom stereocenters. The number of esters is 1. The van der Waals surface area contributed by atoms with E-state index in [-0.39, 0.29) is 16.4 Å². The number of carbonyl (C=O) groups is 2. The van der Waals surface area contributed by atoms with Crippen LogP contribution in [-0.2, 0) is 19.1 Å². The van der Waals surface area contributed by atoms with Crippen LogP contribution in [0.15, 0.2) is 18.2 Å². The zero-order valence-corrected chi connectivity index (χ0v) is 12.2. The molecule has 22 heavy (non-hydrogen) atoms. The molecule has 1 saturated heterocycles. The van der Waals surface area contributed by atoms with Gasteiger partial charge in [0.25, 0.3) is 11.6 Å². The van der Waals surface area contributed by atoms with Crippen LogP contribution >= 0.6 is 11.6 Å². The lowest BCUT2D eigenvalue weighted by molar-refractivity contribution is -0.383. The molecule has 9 heteroatoms. The van der Waals surface area contributed by atoms with E-state index in [1.165, 1.54) is 18.2 Å². The molecule has 1 heterocycles. The van der Waals surface area contributed by atoms with Gasteiger partial charge < -0.3 is 14.8 Å². The number of nitrogens with one attached hydrogen (secondary N) is 1. The van der Waals surface area contributed by atoms with Gasteiger partial charge in [0.1, 0.15) is 5.69 Å². The molecule has 1 N–H and O–H groups in total. The Kier molecular flexibility index (Phi) is 5.29. The van der Waals surface area contributed by atoms with Crippen molar-refractivity contribution in [1.82, 2.24) is 0 Å². The van der Waals surface area contributed by atoms with E-state index in [2.05, 4.69) is 5.32 Å². The predicted octanol–water partition coefficient (Wildman–Crippen LogP) is 1.91. The number of carbonyl (C=O) groups excluding carboxylic acids is 2. The normalized spacial score (nSPS) is 17.0. The van der Waals surface area contributed by atoms with E-state index in [4.69, 9.17) is 21.1 Å². The quantitative estimate of drug-likeness (QED) is 0.502. The van der Waals surface area contributed by atoms with Crippen molar-refractivity contribution in [1.29, 1.82) is 0 Å². The molecule has 1 atom stereocenters. The minimum absolute atomic E-state index is 0.0596. The molecule has 1 aromatic carbocycles. The van der Waals surface area contributed by atoms with Gasteiger partial charge in [-0.05, 0) is 25.0 Å². The highest BCUT2D eigenvalue weighted by molar-refractivity contribution is 6.31. The topological polar surface area (TPSA) is 108 Å². The molecule has 0 saturated carbocycles. The number of hydrogen-bond acceptors (Lipinski definition) is 6. The molecule has 0 radical (unpaired) electrons. The summed E-state index contributed by atoms with van der Waals surface area (Å²) in [5.74, 6) is -1.31. The first-order chi connectivity index (χ1) is 10.5. The van der Waals surface area contributed by atoms with Crippen molar-refractivity contribution in [2.45, 2.75) is 18.9 Å². The lowest BCUT2D eigenvalue weighted by Crippen LogP contribution is -2.27. The Balaban J connectivity index is 1.93. The molecule has 8 nitrogen and oxygen atoms in total. The maximum absolute atomic E-state index is 11.7. The minimum Gasteiger partial charge on any atom is -0.454 e. The van der Waals surface area contributed by atoms with Gasteiger partial charge in [-0.25, -0.2) is 4.79 Å². The first-order valence-corrected chi connectivity index (χ1v) is 6.87. The van der Waals surface area contributed by atoms with E-state index in [0.29, 0.717) is 13.0 Å². The van der Waals surface area contributed by atoms with E-state index in [1.807, 2.05) is 0 Å². The van der Waals surface area contributed by atoms with E-state index >= 15 is 0 Å². The third-order valence-corrected chi connectivity index (χ3v) is 3.20. The van der Waals surface area contributed by atoms with Crippen LogP contribution in [0.2, 0.25) is 5.02 Å². The summed E-state index contributed by atoms with van der Waals surface area (Å²) >= 11 is 5.74. The average molecular weight is 329 g/mol. The molecule has 1 aromatic rings. The molecule has 2 rings (SSSR count). The first-order valence-electron chi connectivity index (χ1n) is 6.49. The summed E-state index contributed by atoms with van der Waals surface area (Å²) in [7, 11) is 0. The standard InChI is InChI=1S/C13H13ClN2O6/c14-8-3-4-10(16(19)20)9(6-8)15-12(17)7-22-13(18)11-2-1-5-21-11/h3-4,6,11H,1-2,5,7H2,(H,15,17)/t11-/m0/s1. The lowest BCUT2D eigenvalue weighted by atomic mass is 10.2. The molecular weight excluding hydrogens is 316 g/mol. The molecular formula is C13H13ClN2O6. The molecule has 1 aliphatic heterocycles. The van der Waals surface area contributed by atoms with Gasteiger partial charge >= 0.3 is 5.97 Å². The van der Waals surface area contributed by atoms with Gasteiger partial charge in [0.15, 0.2) is 12.7 Å². The molecule has 1 fully saturated rings. The Morgan fingerprint density at radius 1 is 1.50 bits per heavy atom. The Morgan fingerprint density at radius 3 is 2.91 bits per heavy atom. The summed E-state index contributed by atoms with van der Waals surface area (Å²) in [6.45, 7) is -0.0664. The van der Waals surface area contributed by atoms with Gasteiger partial charge in [0.2, 0.25) is 0 Å². The predicted molar refractivity (Wildman–Crippen MR) is 76.7 cm³/mol. The van der Waals surface area contributed by atoms with Crippen LogP contribution in [0.3, 0.4) is 0 Å². The van der Waals surface area contributed by atoms with Crippen molar-refractivity contribution >= 4 is 34.9 Å². The number of nitro groups is 1. The second-order valence-corrected chi connectivity index (χ2v) is 5.01. The highest BCUT2D eigenvalue weighted by atomic mass is 35.5. The fourth-order valence-electron chi connectivity index (χ4n) is 1.95. The number of nitro benzene ring substituents is 1. The molecule has 0 bridgehead atoms. The van der Waals surface area contributed by atoms with Crippen molar-refractivity contribution in [3.05, 3.63) is 33.3 Å². The number of anilines is 1. The Labute approximate surface area is 130 Å². The highest BCUT2D eigenvalue weighted by Crippen LogP contribution is 2.27. The van der Waals surface area contributed by atoms with Crippen molar-refractivity contribution in [2.75, 3.05) is 18.5 Å². The first kappa shape index (κ1) is 16.2. The summed E-state index contributed by atoms with van der Waals surface area (Å²) in [4.78, 5) is 33.5. The molecule has 0 aromatic heterocycles. The zero-order chi connectivity index (χ0) is 16.1. The minimum atomic E-state index is -0.697. The van der Waals surface area contributed by atoms with Crippen LogP contribution in [0.5, 0.6) is 0 Å². The zero-order valence-electron chi connectivity index (χ0n) is 11.4. The third-order valence-electron chi connectivity index (χ3n) is 2.97. The number of amides is 1. The largest absolute Gasteiger partial charge is 0.454 e. The number of halogens is 1. The monoisotopic (exact) mass is 328 g/mol. The summed E-state index contributed by atoms with van der Waals surface area (Å²) < 4.78 is 9.93. The van der Waals surface area contributed by atoms with Crippen LogP contribution in [-0.4, -0.2) is 36.1 Å². The van der Waals surface area contributed by atoms with Crippen LogP contribution in [0.25, 0.3) is 0 Å². The van der Waals surface area contributed by atoms with E-state index < -0.39 is 29.5 Å². The van der Waals surface area contributed by atoms with Gasteiger partial charge in [0.05, 0.1) is 4.92 Å². The van der Waals surface area contributed by atoms with Gasteiger partial charge in [0, 0.05) is 17.7 Å². The number of nitrogens with zero attached hydrogens (tertiary/aromatic N) is 1. The van der Waals surface area contributed by atoms with Crippen LogP contribution in [0, 0.1) is 10.1 Å². The lowest BCUT2D eigenvalue weighted by Gasteiger charge is -2.10. The molecule has 0 aliphatic carbocycles. The number of hydrogen-bond donors (Lipinski definition) is 1. The maximum Gasteiger partial charge on any atom is 0.335 e. The SMILES string of the molecule is O=C(COC(=O)[C@@H]1CCCO1)Nc1cc(Cl)ccc1[N+](=O)[O-]. The molecule has 1 aliphatic rings. The van der Waals surface area contributed by atoms with E-state index in [0.717, 1.165) is 6.42 Å². The van der Waals surface area contributed by atoms with Crippen molar-refractivity contribution in [2.24, 2.45) is 0 Å².